The van der Waals surface area contributed by atoms with Crippen molar-refractivity contribution in [2.75, 3.05) is 18.9 Å². The SMILES string of the molecule is CNc1ccc(Cl)cc1C(=O)NCC1CCC(C)CC1. The van der Waals surface area contributed by atoms with Gasteiger partial charge in [0, 0.05) is 24.3 Å². The third-order valence-electron chi connectivity index (χ3n) is 4.18. The molecule has 0 atom stereocenters. The second-order valence-electron chi connectivity index (χ2n) is 5.78. The predicted octanol–water partition coefficient (Wildman–Crippen LogP) is 3.94. The van der Waals surface area contributed by atoms with Crippen LogP contribution in [0.2, 0.25) is 5.02 Å². The first-order chi connectivity index (χ1) is 9.60. The average molecular weight is 295 g/mol. The van der Waals surface area contributed by atoms with Crippen LogP contribution in [0.25, 0.3) is 0 Å². The lowest BCUT2D eigenvalue weighted by atomic mass is 9.83. The molecule has 0 unspecified atom stereocenters. The highest BCUT2D eigenvalue weighted by molar-refractivity contribution is 6.31. The van der Waals surface area contributed by atoms with E-state index in [0.29, 0.717) is 16.5 Å². The number of rotatable bonds is 4. The zero-order valence-electron chi connectivity index (χ0n) is 12.2. The van der Waals surface area contributed by atoms with Crippen LogP contribution >= 0.6 is 11.6 Å². The van der Waals surface area contributed by atoms with Crippen LogP contribution in [0.15, 0.2) is 18.2 Å². The first-order valence-electron chi connectivity index (χ1n) is 7.35. The zero-order chi connectivity index (χ0) is 14.5. The second kappa shape index (κ2) is 6.98. The lowest BCUT2D eigenvalue weighted by molar-refractivity contribution is 0.0942. The van der Waals surface area contributed by atoms with Gasteiger partial charge in [0.05, 0.1) is 5.56 Å². The second-order valence-corrected chi connectivity index (χ2v) is 6.21. The van der Waals surface area contributed by atoms with Gasteiger partial charge in [0.1, 0.15) is 0 Å². The Bertz CT molecular complexity index is 468. The molecule has 0 aromatic heterocycles. The van der Waals surface area contributed by atoms with Gasteiger partial charge in [-0.25, -0.2) is 0 Å². The summed E-state index contributed by atoms with van der Waals surface area (Å²) < 4.78 is 0. The predicted molar refractivity (Wildman–Crippen MR) is 84.5 cm³/mol. The van der Waals surface area contributed by atoms with Crippen LogP contribution in [0.5, 0.6) is 0 Å². The Morgan fingerprint density at radius 2 is 2.00 bits per heavy atom. The molecule has 0 spiro atoms. The van der Waals surface area contributed by atoms with E-state index in [2.05, 4.69) is 17.6 Å². The van der Waals surface area contributed by atoms with Crippen molar-refractivity contribution in [3.8, 4) is 0 Å². The number of benzene rings is 1. The van der Waals surface area contributed by atoms with Gasteiger partial charge < -0.3 is 10.6 Å². The number of carbonyl (C=O) groups excluding carboxylic acids is 1. The summed E-state index contributed by atoms with van der Waals surface area (Å²) in [7, 11) is 1.81. The summed E-state index contributed by atoms with van der Waals surface area (Å²) in [5.74, 6) is 1.41. The molecule has 4 heteroatoms. The summed E-state index contributed by atoms with van der Waals surface area (Å²) >= 11 is 5.97. The van der Waals surface area contributed by atoms with E-state index >= 15 is 0 Å². The van der Waals surface area contributed by atoms with Gasteiger partial charge in [-0.3, -0.25) is 4.79 Å². The van der Waals surface area contributed by atoms with Crippen molar-refractivity contribution in [1.29, 1.82) is 0 Å². The Morgan fingerprint density at radius 3 is 2.65 bits per heavy atom. The molecule has 0 aliphatic heterocycles. The molecule has 1 saturated carbocycles. The minimum atomic E-state index is -0.0459. The van der Waals surface area contributed by atoms with Crippen molar-refractivity contribution < 1.29 is 4.79 Å². The lowest BCUT2D eigenvalue weighted by Gasteiger charge is -2.26. The molecule has 0 bridgehead atoms. The van der Waals surface area contributed by atoms with Crippen LogP contribution in [-0.4, -0.2) is 19.5 Å². The molecule has 1 fully saturated rings. The highest BCUT2D eigenvalue weighted by Crippen LogP contribution is 2.28. The first-order valence-corrected chi connectivity index (χ1v) is 7.73. The summed E-state index contributed by atoms with van der Waals surface area (Å²) in [4.78, 5) is 12.3. The maximum atomic E-state index is 12.3. The molecule has 2 N–H and O–H groups in total. The zero-order valence-corrected chi connectivity index (χ0v) is 13.0. The molecule has 1 aliphatic carbocycles. The number of carbonyl (C=O) groups is 1. The minimum absolute atomic E-state index is 0.0459. The van der Waals surface area contributed by atoms with Crippen LogP contribution < -0.4 is 10.6 Å². The molecule has 0 radical (unpaired) electrons. The third-order valence-corrected chi connectivity index (χ3v) is 4.42. The molecule has 1 aromatic rings. The van der Waals surface area contributed by atoms with Crippen LogP contribution in [-0.2, 0) is 0 Å². The number of anilines is 1. The first kappa shape index (κ1) is 15.2. The van der Waals surface area contributed by atoms with E-state index in [0.717, 1.165) is 18.2 Å². The number of halogens is 1. The standard InChI is InChI=1S/C16H23ClN2O/c1-11-3-5-12(6-4-11)10-19-16(20)14-9-13(17)7-8-15(14)18-2/h7-9,11-12,18H,3-6,10H2,1-2H3,(H,19,20). The maximum Gasteiger partial charge on any atom is 0.253 e. The highest BCUT2D eigenvalue weighted by Gasteiger charge is 2.19. The Balaban J connectivity index is 1.93. The molecule has 0 saturated heterocycles. The molecule has 2 rings (SSSR count). The van der Waals surface area contributed by atoms with Crippen molar-refractivity contribution >= 4 is 23.2 Å². The largest absolute Gasteiger partial charge is 0.387 e. The summed E-state index contributed by atoms with van der Waals surface area (Å²) in [6.45, 7) is 3.07. The van der Waals surface area contributed by atoms with Crippen molar-refractivity contribution in [3.63, 3.8) is 0 Å². The Kier molecular flexibility index (Phi) is 5.30. The van der Waals surface area contributed by atoms with Crippen LogP contribution in [0.1, 0.15) is 43.0 Å². The monoisotopic (exact) mass is 294 g/mol. The van der Waals surface area contributed by atoms with Gasteiger partial charge in [-0.1, -0.05) is 31.4 Å². The smallest absolute Gasteiger partial charge is 0.253 e. The van der Waals surface area contributed by atoms with E-state index in [1.807, 2.05) is 13.1 Å². The van der Waals surface area contributed by atoms with Gasteiger partial charge in [0.15, 0.2) is 0 Å². The quantitative estimate of drug-likeness (QED) is 0.883. The average Bonchev–Trinajstić information content (AvgIpc) is 2.46. The van der Waals surface area contributed by atoms with Gasteiger partial charge in [-0.05, 0) is 42.9 Å². The molecule has 20 heavy (non-hydrogen) atoms. The Hall–Kier alpha value is -1.22. The lowest BCUT2D eigenvalue weighted by Crippen LogP contribution is -2.31. The third kappa shape index (κ3) is 3.89. The van der Waals surface area contributed by atoms with E-state index < -0.39 is 0 Å². The number of hydrogen-bond donors (Lipinski definition) is 2. The fourth-order valence-corrected chi connectivity index (χ4v) is 2.96. The van der Waals surface area contributed by atoms with E-state index in [4.69, 9.17) is 11.6 Å². The summed E-state index contributed by atoms with van der Waals surface area (Å²) in [6, 6.07) is 5.33. The molecular weight excluding hydrogens is 272 g/mol. The molecule has 3 nitrogen and oxygen atoms in total. The molecule has 0 heterocycles. The van der Waals surface area contributed by atoms with Gasteiger partial charge in [0.25, 0.3) is 5.91 Å². The van der Waals surface area contributed by atoms with E-state index in [1.54, 1.807) is 12.1 Å². The highest BCUT2D eigenvalue weighted by atomic mass is 35.5. The van der Waals surface area contributed by atoms with Gasteiger partial charge in [0.2, 0.25) is 0 Å². The fourth-order valence-electron chi connectivity index (χ4n) is 2.79. The molecule has 110 valence electrons. The minimum Gasteiger partial charge on any atom is -0.387 e. The number of amides is 1. The fraction of sp³-hybridized carbons (Fsp3) is 0.562. The van der Waals surface area contributed by atoms with Crippen molar-refractivity contribution in [3.05, 3.63) is 28.8 Å². The Morgan fingerprint density at radius 1 is 1.30 bits per heavy atom. The Labute approximate surface area is 126 Å². The van der Waals surface area contributed by atoms with Gasteiger partial charge >= 0.3 is 0 Å². The number of nitrogens with one attached hydrogen (secondary N) is 2. The number of hydrogen-bond acceptors (Lipinski definition) is 2. The van der Waals surface area contributed by atoms with Crippen LogP contribution in [0.3, 0.4) is 0 Å². The topological polar surface area (TPSA) is 41.1 Å². The molecule has 1 aromatic carbocycles. The maximum absolute atomic E-state index is 12.3. The van der Waals surface area contributed by atoms with E-state index in [1.165, 1.54) is 25.7 Å². The van der Waals surface area contributed by atoms with Crippen molar-refractivity contribution in [2.24, 2.45) is 11.8 Å². The van der Waals surface area contributed by atoms with Crippen LogP contribution in [0.4, 0.5) is 5.69 Å². The summed E-state index contributed by atoms with van der Waals surface area (Å²) in [6.07, 6.45) is 4.99. The van der Waals surface area contributed by atoms with Crippen molar-refractivity contribution in [1.82, 2.24) is 5.32 Å². The van der Waals surface area contributed by atoms with Gasteiger partial charge in [-0.15, -0.1) is 0 Å². The van der Waals surface area contributed by atoms with Crippen molar-refractivity contribution in [2.45, 2.75) is 32.6 Å². The van der Waals surface area contributed by atoms with E-state index in [9.17, 15) is 4.79 Å². The van der Waals surface area contributed by atoms with E-state index in [-0.39, 0.29) is 5.91 Å². The molecule has 1 amide bonds. The van der Waals surface area contributed by atoms with Gasteiger partial charge in [-0.2, -0.15) is 0 Å². The molecular formula is C16H23ClN2O. The normalized spacial score (nSPS) is 22.4. The van der Waals surface area contributed by atoms with Crippen LogP contribution in [0, 0.1) is 11.8 Å². The summed E-state index contributed by atoms with van der Waals surface area (Å²) in [5.41, 5.74) is 1.42. The summed E-state index contributed by atoms with van der Waals surface area (Å²) in [5, 5.41) is 6.66. The molecule has 1 aliphatic rings.